The molecule has 1 aromatic carbocycles. The van der Waals surface area contributed by atoms with Crippen LogP contribution in [0.25, 0.3) is 4.96 Å². The lowest BCUT2D eigenvalue weighted by molar-refractivity contribution is 0.185. The lowest BCUT2D eigenvalue weighted by Gasteiger charge is -2.34. The molecular weight excluding hydrogens is 348 g/mol. The third kappa shape index (κ3) is 2.43. The average Bonchev–Trinajstić information content (AvgIpc) is 3.36. The van der Waals surface area contributed by atoms with Crippen LogP contribution in [0, 0.1) is 6.92 Å². The quantitative estimate of drug-likeness (QED) is 0.601. The van der Waals surface area contributed by atoms with Crippen molar-refractivity contribution in [3.8, 4) is 5.88 Å². The van der Waals surface area contributed by atoms with Crippen LogP contribution in [0.2, 0.25) is 0 Å². The molecule has 0 amide bonds. The van der Waals surface area contributed by atoms with E-state index in [1.807, 2.05) is 19.1 Å². The third-order valence-electron chi connectivity index (χ3n) is 4.89. The SMILES string of the molecule is Cc1nc2sc([C@@H](c3ccco3)N3CCc4ccccc4C3)c(O)n2n1. The Morgan fingerprint density at radius 3 is 2.81 bits per heavy atom. The number of aromatic nitrogens is 3. The molecule has 26 heavy (non-hydrogen) atoms. The molecule has 6 nitrogen and oxygen atoms in total. The number of hydrogen-bond donors (Lipinski definition) is 1. The monoisotopic (exact) mass is 366 g/mol. The highest BCUT2D eigenvalue weighted by atomic mass is 32.1. The number of nitrogens with zero attached hydrogens (tertiary/aromatic N) is 4. The Labute approximate surface area is 154 Å². The molecule has 3 aromatic heterocycles. The Balaban J connectivity index is 1.60. The number of fused-ring (bicyclic) bond motifs is 2. The van der Waals surface area contributed by atoms with Crippen molar-refractivity contribution in [2.24, 2.45) is 0 Å². The molecule has 7 heteroatoms. The van der Waals surface area contributed by atoms with Crippen LogP contribution in [0.4, 0.5) is 0 Å². The van der Waals surface area contributed by atoms with Gasteiger partial charge in [0.15, 0.2) is 0 Å². The van der Waals surface area contributed by atoms with Crippen LogP contribution in [-0.2, 0) is 13.0 Å². The van der Waals surface area contributed by atoms with Gasteiger partial charge in [0.25, 0.3) is 0 Å². The van der Waals surface area contributed by atoms with Gasteiger partial charge >= 0.3 is 0 Å². The zero-order valence-corrected chi connectivity index (χ0v) is 15.1. The number of aromatic hydroxyl groups is 1. The fourth-order valence-corrected chi connectivity index (χ4v) is 4.83. The minimum atomic E-state index is -0.160. The van der Waals surface area contributed by atoms with E-state index in [4.69, 9.17) is 4.42 Å². The van der Waals surface area contributed by atoms with E-state index in [-0.39, 0.29) is 11.9 Å². The van der Waals surface area contributed by atoms with E-state index in [9.17, 15) is 5.11 Å². The van der Waals surface area contributed by atoms with Gasteiger partial charge in [-0.25, -0.2) is 4.98 Å². The second kappa shape index (κ2) is 5.96. The van der Waals surface area contributed by atoms with Crippen molar-refractivity contribution in [1.29, 1.82) is 0 Å². The van der Waals surface area contributed by atoms with Gasteiger partial charge in [-0.3, -0.25) is 4.90 Å². The number of thiazole rings is 1. The highest BCUT2D eigenvalue weighted by Gasteiger charge is 2.33. The molecule has 0 spiro atoms. The van der Waals surface area contributed by atoms with Gasteiger partial charge in [-0.15, -0.1) is 5.10 Å². The Morgan fingerprint density at radius 1 is 1.19 bits per heavy atom. The predicted molar refractivity (Wildman–Crippen MR) is 98.4 cm³/mol. The second-order valence-corrected chi connectivity index (χ2v) is 7.56. The van der Waals surface area contributed by atoms with Gasteiger partial charge < -0.3 is 9.52 Å². The van der Waals surface area contributed by atoms with E-state index in [2.05, 4.69) is 39.2 Å². The summed E-state index contributed by atoms with van der Waals surface area (Å²) in [6.45, 7) is 3.53. The van der Waals surface area contributed by atoms with Gasteiger partial charge in [-0.05, 0) is 36.6 Å². The molecule has 0 fully saturated rings. The van der Waals surface area contributed by atoms with Crippen LogP contribution in [0.1, 0.15) is 33.6 Å². The summed E-state index contributed by atoms with van der Waals surface area (Å²) in [7, 11) is 0. The van der Waals surface area contributed by atoms with E-state index in [1.165, 1.54) is 27.0 Å². The number of furan rings is 1. The number of hydrogen-bond acceptors (Lipinski definition) is 6. The number of rotatable bonds is 3. The van der Waals surface area contributed by atoms with E-state index in [1.54, 1.807) is 6.26 Å². The summed E-state index contributed by atoms with van der Waals surface area (Å²) in [6.07, 6.45) is 2.66. The van der Waals surface area contributed by atoms with E-state index >= 15 is 0 Å². The Kier molecular flexibility index (Phi) is 3.58. The Bertz CT molecular complexity index is 1070. The minimum absolute atomic E-state index is 0.144. The van der Waals surface area contributed by atoms with Gasteiger partial charge in [-0.1, -0.05) is 35.6 Å². The molecule has 132 valence electrons. The van der Waals surface area contributed by atoms with Gasteiger partial charge in [0, 0.05) is 13.1 Å². The lowest BCUT2D eigenvalue weighted by Crippen LogP contribution is -2.34. The molecule has 0 saturated carbocycles. The van der Waals surface area contributed by atoms with E-state index < -0.39 is 0 Å². The summed E-state index contributed by atoms with van der Waals surface area (Å²) in [5, 5.41) is 15.1. The molecule has 0 radical (unpaired) electrons. The van der Waals surface area contributed by atoms with Crippen molar-refractivity contribution >= 4 is 16.3 Å². The smallest absolute Gasteiger partial charge is 0.230 e. The largest absolute Gasteiger partial charge is 0.492 e. The first-order valence-electron chi connectivity index (χ1n) is 8.60. The summed E-state index contributed by atoms with van der Waals surface area (Å²) < 4.78 is 7.26. The molecule has 5 rings (SSSR count). The molecule has 0 bridgehead atoms. The maximum absolute atomic E-state index is 10.8. The normalized spacial score (nSPS) is 16.0. The molecule has 1 atom stereocenters. The molecule has 1 N–H and O–H groups in total. The van der Waals surface area contributed by atoms with Crippen molar-refractivity contribution in [3.63, 3.8) is 0 Å². The van der Waals surface area contributed by atoms with Gasteiger partial charge in [0.05, 0.1) is 11.1 Å². The summed E-state index contributed by atoms with van der Waals surface area (Å²) in [6, 6.07) is 12.2. The molecule has 0 saturated heterocycles. The minimum Gasteiger partial charge on any atom is -0.492 e. The summed E-state index contributed by atoms with van der Waals surface area (Å²) in [5.74, 6) is 1.62. The predicted octanol–water partition coefficient (Wildman–Crippen LogP) is 3.55. The van der Waals surface area contributed by atoms with Crippen LogP contribution < -0.4 is 0 Å². The number of aryl methyl sites for hydroxylation is 1. The topological polar surface area (TPSA) is 66.8 Å². The van der Waals surface area contributed by atoms with Crippen molar-refractivity contribution in [1.82, 2.24) is 19.5 Å². The zero-order valence-electron chi connectivity index (χ0n) is 14.3. The third-order valence-corrected chi connectivity index (χ3v) is 5.96. The fraction of sp³-hybridized carbons (Fsp3) is 0.263. The van der Waals surface area contributed by atoms with Crippen LogP contribution in [0.5, 0.6) is 5.88 Å². The summed E-state index contributed by atoms with van der Waals surface area (Å²) in [5.41, 5.74) is 2.72. The second-order valence-electron chi connectivity index (χ2n) is 6.55. The van der Waals surface area contributed by atoms with E-state index in [0.717, 1.165) is 30.1 Å². The Hall–Kier alpha value is -2.64. The van der Waals surface area contributed by atoms with Gasteiger partial charge in [0.2, 0.25) is 10.8 Å². The summed E-state index contributed by atoms with van der Waals surface area (Å²) >= 11 is 1.46. The highest BCUT2D eigenvalue weighted by molar-refractivity contribution is 7.17. The zero-order chi connectivity index (χ0) is 17.7. The molecule has 4 aromatic rings. The average molecular weight is 366 g/mol. The fourth-order valence-electron chi connectivity index (χ4n) is 3.69. The van der Waals surface area contributed by atoms with Crippen molar-refractivity contribution < 1.29 is 9.52 Å². The molecule has 4 heterocycles. The van der Waals surface area contributed by atoms with Crippen LogP contribution in [0.15, 0.2) is 47.1 Å². The first kappa shape index (κ1) is 15.6. The Morgan fingerprint density at radius 2 is 2.04 bits per heavy atom. The van der Waals surface area contributed by atoms with Crippen molar-refractivity contribution in [2.75, 3.05) is 6.54 Å². The van der Waals surface area contributed by atoms with Crippen LogP contribution in [-0.4, -0.2) is 31.1 Å². The number of benzene rings is 1. The van der Waals surface area contributed by atoms with Gasteiger partial charge in [0.1, 0.15) is 17.6 Å². The standard InChI is InChI=1S/C19H18N4O2S/c1-12-20-19-23(21-12)18(24)17(26-19)16(15-7-4-10-25-15)22-9-8-13-5-2-3-6-14(13)11-22/h2-7,10,16,24H,8-9,11H2,1H3/t16-/m1/s1. The van der Waals surface area contributed by atoms with Gasteiger partial charge in [-0.2, -0.15) is 4.52 Å². The first-order valence-corrected chi connectivity index (χ1v) is 9.41. The van der Waals surface area contributed by atoms with E-state index in [0.29, 0.717) is 10.8 Å². The van der Waals surface area contributed by atoms with Crippen molar-refractivity contribution in [3.05, 3.63) is 70.3 Å². The maximum Gasteiger partial charge on any atom is 0.230 e. The summed E-state index contributed by atoms with van der Waals surface area (Å²) in [4.78, 5) is 8.26. The maximum atomic E-state index is 10.8. The molecule has 1 aliphatic heterocycles. The molecule has 1 aliphatic rings. The van der Waals surface area contributed by atoms with Crippen molar-refractivity contribution in [2.45, 2.75) is 25.9 Å². The molecule has 0 unspecified atom stereocenters. The molecule has 0 aliphatic carbocycles. The van der Waals surface area contributed by atoms with Crippen LogP contribution in [0.3, 0.4) is 0 Å². The molecular formula is C19H18N4O2S. The highest BCUT2D eigenvalue weighted by Crippen LogP contribution is 2.41. The first-order chi connectivity index (χ1) is 12.7. The lowest BCUT2D eigenvalue weighted by atomic mass is 9.97. The van der Waals surface area contributed by atoms with Crippen LogP contribution >= 0.6 is 11.3 Å².